The van der Waals surface area contributed by atoms with Crippen molar-refractivity contribution in [2.24, 2.45) is 0 Å². The van der Waals surface area contributed by atoms with Crippen molar-refractivity contribution < 1.29 is 8.80 Å². The average Bonchev–Trinajstić information content (AvgIpc) is 2.14. The zero-order valence-corrected chi connectivity index (χ0v) is 6.94. The molecule has 1 unspecified atom stereocenters. The Kier molecular flexibility index (Phi) is 2.15. The van der Waals surface area contributed by atoms with Crippen LogP contribution in [0.3, 0.4) is 0 Å². The van der Waals surface area contributed by atoms with E-state index in [1.54, 1.807) is 0 Å². The predicted octanol–water partition coefficient (Wildman–Crippen LogP) is 0.692. The van der Waals surface area contributed by atoms with Crippen molar-refractivity contribution in [3.05, 3.63) is 0 Å². The van der Waals surface area contributed by atoms with Crippen LogP contribution in [0.1, 0.15) is 6.92 Å². The van der Waals surface area contributed by atoms with Crippen molar-refractivity contribution in [3.8, 4) is 0 Å². The number of rotatable bonds is 1. The molecule has 0 aromatic heterocycles. The van der Waals surface area contributed by atoms with E-state index in [-0.39, 0.29) is 0 Å². The zero-order valence-electron chi connectivity index (χ0n) is 4.52. The summed E-state index contributed by atoms with van der Waals surface area (Å²) in [6.07, 6.45) is 0. The van der Waals surface area contributed by atoms with Crippen LogP contribution in [-0.4, -0.2) is 21.3 Å². The predicted molar refractivity (Wildman–Crippen MR) is 29.5 cm³/mol. The van der Waals surface area contributed by atoms with E-state index in [2.05, 4.69) is 6.92 Å². The van der Waals surface area contributed by atoms with Crippen LogP contribution in [0.2, 0.25) is 10.5 Å². The molecule has 1 rings (SSSR count). The zero-order chi connectivity index (χ0) is 5.11. The van der Waals surface area contributed by atoms with Gasteiger partial charge in [0.2, 0.25) is 0 Å². The Labute approximate surface area is 48.2 Å². The van der Waals surface area contributed by atoms with E-state index in [0.717, 1.165) is 6.61 Å². The quantitative estimate of drug-likeness (QED) is 0.418. The molecule has 0 N–H and O–H groups in total. The Balaban J connectivity index is 2.14. The second kappa shape index (κ2) is 2.69. The first-order valence-corrected chi connectivity index (χ1v) is 7.13. The summed E-state index contributed by atoms with van der Waals surface area (Å²) in [6, 6.07) is 0. The minimum absolute atomic E-state index is 0.860. The third-order valence-corrected chi connectivity index (χ3v) is 5.80. The molecule has 0 aliphatic carbocycles. The van der Waals surface area contributed by atoms with Crippen LogP contribution in [0.15, 0.2) is 0 Å². The van der Waals surface area contributed by atoms with E-state index < -0.39 is 14.7 Å². The van der Waals surface area contributed by atoms with Crippen molar-refractivity contribution in [1.82, 2.24) is 0 Å². The molecular weight excluding hydrogens is 153 g/mol. The van der Waals surface area contributed by atoms with E-state index in [1.807, 2.05) is 0 Å². The van der Waals surface area contributed by atoms with E-state index >= 15 is 0 Å². The van der Waals surface area contributed by atoms with Gasteiger partial charge < -0.3 is 0 Å². The molecular formula is C4H10GeO2. The molecule has 0 spiro atoms. The third-order valence-electron chi connectivity index (χ3n) is 1.18. The van der Waals surface area contributed by atoms with Gasteiger partial charge in [-0.15, -0.1) is 0 Å². The standard InChI is InChI=1S/C4H10GeO2/c1-2-5-3-4-6-7-5/h5H,2-4H2,1H3. The van der Waals surface area contributed by atoms with Gasteiger partial charge in [-0.2, -0.15) is 0 Å². The molecule has 2 nitrogen and oxygen atoms in total. The summed E-state index contributed by atoms with van der Waals surface area (Å²) in [5.41, 5.74) is 0. The van der Waals surface area contributed by atoms with Crippen molar-refractivity contribution in [2.75, 3.05) is 6.61 Å². The molecule has 1 fully saturated rings. The van der Waals surface area contributed by atoms with Crippen LogP contribution in [-0.2, 0) is 8.80 Å². The topological polar surface area (TPSA) is 18.5 Å². The molecule has 1 saturated heterocycles. The average molecular weight is 163 g/mol. The molecule has 0 aromatic carbocycles. The van der Waals surface area contributed by atoms with Gasteiger partial charge in [0.15, 0.2) is 0 Å². The Morgan fingerprint density at radius 1 is 1.71 bits per heavy atom. The summed E-state index contributed by atoms with van der Waals surface area (Å²) in [6.45, 7) is 3.04. The maximum absolute atomic E-state index is 4.99. The van der Waals surface area contributed by atoms with E-state index in [0.29, 0.717) is 0 Å². The van der Waals surface area contributed by atoms with Crippen LogP contribution in [0, 0.1) is 0 Å². The summed E-state index contributed by atoms with van der Waals surface area (Å²) in [4.78, 5) is 4.73. The van der Waals surface area contributed by atoms with Gasteiger partial charge in [-0.3, -0.25) is 0 Å². The van der Waals surface area contributed by atoms with E-state index in [4.69, 9.17) is 8.80 Å². The summed E-state index contributed by atoms with van der Waals surface area (Å²) < 4.78 is 4.99. The molecule has 42 valence electrons. The first-order chi connectivity index (χ1) is 3.43. The van der Waals surface area contributed by atoms with Gasteiger partial charge >= 0.3 is 47.5 Å². The van der Waals surface area contributed by atoms with Crippen LogP contribution < -0.4 is 0 Å². The minimum atomic E-state index is -1.19. The van der Waals surface area contributed by atoms with Crippen LogP contribution in [0.5, 0.6) is 0 Å². The van der Waals surface area contributed by atoms with E-state index in [9.17, 15) is 0 Å². The fourth-order valence-electron chi connectivity index (χ4n) is 0.644. The monoisotopic (exact) mass is 164 g/mol. The van der Waals surface area contributed by atoms with Crippen LogP contribution in [0.25, 0.3) is 0 Å². The van der Waals surface area contributed by atoms with Gasteiger partial charge in [-0.05, 0) is 0 Å². The van der Waals surface area contributed by atoms with Crippen LogP contribution in [0.4, 0.5) is 0 Å². The van der Waals surface area contributed by atoms with Crippen molar-refractivity contribution in [3.63, 3.8) is 0 Å². The Morgan fingerprint density at radius 3 is 2.86 bits per heavy atom. The van der Waals surface area contributed by atoms with Gasteiger partial charge in [-0.1, -0.05) is 0 Å². The molecule has 0 aromatic rings. The summed E-state index contributed by atoms with van der Waals surface area (Å²) in [7, 11) is 0. The molecule has 0 radical (unpaired) electrons. The van der Waals surface area contributed by atoms with Gasteiger partial charge in [-0.25, -0.2) is 0 Å². The van der Waals surface area contributed by atoms with Crippen LogP contribution >= 0.6 is 0 Å². The fraction of sp³-hybridized carbons (Fsp3) is 1.00. The Bertz CT molecular complexity index is 51.7. The third kappa shape index (κ3) is 1.44. The molecule has 1 aliphatic rings. The van der Waals surface area contributed by atoms with Crippen molar-refractivity contribution >= 4 is 14.7 Å². The van der Waals surface area contributed by atoms with Gasteiger partial charge in [0.1, 0.15) is 0 Å². The molecule has 1 atom stereocenters. The Morgan fingerprint density at radius 2 is 2.57 bits per heavy atom. The van der Waals surface area contributed by atoms with Gasteiger partial charge in [0.05, 0.1) is 0 Å². The summed E-state index contributed by atoms with van der Waals surface area (Å²) >= 11 is -1.19. The molecule has 7 heavy (non-hydrogen) atoms. The van der Waals surface area contributed by atoms with Crippen molar-refractivity contribution in [1.29, 1.82) is 0 Å². The fourth-order valence-corrected chi connectivity index (χ4v) is 3.35. The summed E-state index contributed by atoms with van der Waals surface area (Å²) in [5, 5.41) is 2.51. The SMILES string of the molecule is C[CH2][GeH]1[CH2]CO[O]1. The number of hydrogen-bond donors (Lipinski definition) is 0. The Hall–Kier alpha value is 0.463. The van der Waals surface area contributed by atoms with E-state index in [1.165, 1.54) is 10.5 Å². The molecule has 0 amide bonds. The normalized spacial score (nSPS) is 31.3. The second-order valence-electron chi connectivity index (χ2n) is 1.74. The van der Waals surface area contributed by atoms with Gasteiger partial charge in [0, 0.05) is 0 Å². The number of hydrogen-bond acceptors (Lipinski definition) is 2. The van der Waals surface area contributed by atoms with Gasteiger partial charge in [0.25, 0.3) is 0 Å². The molecule has 0 saturated carbocycles. The first kappa shape index (κ1) is 5.60. The summed E-state index contributed by atoms with van der Waals surface area (Å²) in [5.74, 6) is 0. The molecule has 3 heteroatoms. The maximum atomic E-state index is 4.99. The molecule has 0 bridgehead atoms. The molecule has 1 aliphatic heterocycles. The van der Waals surface area contributed by atoms with Crippen molar-refractivity contribution in [2.45, 2.75) is 17.4 Å². The first-order valence-electron chi connectivity index (χ1n) is 2.71. The molecule has 1 heterocycles. The second-order valence-corrected chi connectivity index (χ2v) is 7.68.